The molecule has 6 nitrogen and oxygen atoms in total. The number of hydrogen-bond donors (Lipinski definition) is 1. The minimum Gasteiger partial charge on any atom is -0.295 e. The van der Waals surface area contributed by atoms with Crippen LogP contribution in [0.15, 0.2) is 12.1 Å². The van der Waals surface area contributed by atoms with Crippen LogP contribution in [0.1, 0.15) is 59.9 Å². The molecule has 3 rings (SSSR count). The highest BCUT2D eigenvalue weighted by Gasteiger charge is 2.45. The summed E-state index contributed by atoms with van der Waals surface area (Å²) >= 11 is 0. The molecule has 0 aliphatic carbocycles. The van der Waals surface area contributed by atoms with Crippen LogP contribution in [0.25, 0.3) is 0 Å². The van der Waals surface area contributed by atoms with Crippen LogP contribution in [-0.4, -0.2) is 34.6 Å². The summed E-state index contributed by atoms with van der Waals surface area (Å²) in [6.07, 6.45) is 0.121. The van der Waals surface area contributed by atoms with Crippen molar-refractivity contribution in [3.63, 3.8) is 0 Å². The van der Waals surface area contributed by atoms with Crippen molar-refractivity contribution in [1.82, 2.24) is 10.2 Å². The molecule has 1 aromatic carbocycles. The van der Waals surface area contributed by atoms with Gasteiger partial charge in [-0.1, -0.05) is 20.8 Å². The molecule has 4 amide bonds. The van der Waals surface area contributed by atoms with Crippen molar-refractivity contribution >= 4 is 23.6 Å². The number of carbonyl (C=O) groups excluding carboxylic acids is 4. The number of hydrogen-bond acceptors (Lipinski definition) is 4. The van der Waals surface area contributed by atoms with Crippen molar-refractivity contribution in [2.45, 2.75) is 45.1 Å². The SMILES string of the molecule is CC(C)(C)c1cc2c(cc1F)C(=O)N(C1CCC(=O)NC1=O)C2=O. The first-order chi connectivity index (χ1) is 11.1. The van der Waals surface area contributed by atoms with Gasteiger partial charge in [-0.3, -0.25) is 29.4 Å². The third-order valence-electron chi connectivity index (χ3n) is 4.34. The fourth-order valence-electron chi connectivity index (χ4n) is 3.07. The molecule has 2 aliphatic rings. The number of benzene rings is 1. The summed E-state index contributed by atoms with van der Waals surface area (Å²) in [5.41, 5.74) is -0.163. The number of nitrogens with one attached hydrogen (secondary N) is 1. The van der Waals surface area contributed by atoms with Crippen LogP contribution >= 0.6 is 0 Å². The van der Waals surface area contributed by atoms with E-state index in [1.807, 2.05) is 0 Å². The van der Waals surface area contributed by atoms with Gasteiger partial charge < -0.3 is 0 Å². The van der Waals surface area contributed by atoms with E-state index in [1.54, 1.807) is 20.8 Å². The average Bonchev–Trinajstić information content (AvgIpc) is 2.69. The van der Waals surface area contributed by atoms with Crippen LogP contribution in [0.5, 0.6) is 0 Å². The van der Waals surface area contributed by atoms with Gasteiger partial charge in [0.2, 0.25) is 11.8 Å². The lowest BCUT2D eigenvalue weighted by Gasteiger charge is -2.27. The second-order valence-corrected chi connectivity index (χ2v) is 7.07. The number of fused-ring (bicyclic) bond motifs is 1. The molecule has 126 valence electrons. The first kappa shape index (κ1) is 16.3. The number of piperidine rings is 1. The molecule has 2 aliphatic heterocycles. The summed E-state index contributed by atoms with van der Waals surface area (Å²) in [6, 6.07) is 1.40. The lowest BCUT2D eigenvalue weighted by atomic mass is 9.85. The van der Waals surface area contributed by atoms with Gasteiger partial charge >= 0.3 is 0 Å². The third-order valence-corrected chi connectivity index (χ3v) is 4.34. The van der Waals surface area contributed by atoms with E-state index in [2.05, 4.69) is 5.32 Å². The Morgan fingerprint density at radius 1 is 1.08 bits per heavy atom. The quantitative estimate of drug-likeness (QED) is 0.791. The molecule has 1 aromatic rings. The van der Waals surface area contributed by atoms with Crippen molar-refractivity contribution in [2.75, 3.05) is 0 Å². The summed E-state index contributed by atoms with van der Waals surface area (Å²) in [7, 11) is 0. The molecule has 24 heavy (non-hydrogen) atoms. The van der Waals surface area contributed by atoms with Crippen molar-refractivity contribution in [2.24, 2.45) is 0 Å². The fraction of sp³-hybridized carbons (Fsp3) is 0.412. The Labute approximate surface area is 138 Å². The minimum absolute atomic E-state index is 0.0461. The maximum Gasteiger partial charge on any atom is 0.262 e. The molecular weight excluding hydrogens is 315 g/mol. The number of amides is 4. The maximum absolute atomic E-state index is 14.3. The second kappa shape index (κ2) is 5.22. The highest BCUT2D eigenvalue weighted by Crippen LogP contribution is 2.33. The maximum atomic E-state index is 14.3. The Balaban J connectivity index is 2.03. The number of rotatable bonds is 1. The molecular formula is C17H17FN2O4. The molecule has 1 fully saturated rings. The molecule has 7 heteroatoms. The first-order valence-electron chi connectivity index (χ1n) is 7.67. The monoisotopic (exact) mass is 332 g/mol. The number of halogens is 1. The summed E-state index contributed by atoms with van der Waals surface area (Å²) in [4.78, 5) is 49.2. The molecule has 1 saturated heterocycles. The highest BCUT2D eigenvalue weighted by atomic mass is 19.1. The van der Waals surface area contributed by atoms with Crippen LogP contribution in [-0.2, 0) is 15.0 Å². The predicted octanol–water partition coefficient (Wildman–Crippen LogP) is 1.52. The number of imide groups is 2. The molecule has 1 unspecified atom stereocenters. The van der Waals surface area contributed by atoms with Crippen LogP contribution in [0.2, 0.25) is 0 Å². The molecule has 0 bridgehead atoms. The molecule has 0 saturated carbocycles. The topological polar surface area (TPSA) is 83.6 Å². The zero-order valence-electron chi connectivity index (χ0n) is 13.6. The van der Waals surface area contributed by atoms with E-state index in [-0.39, 0.29) is 24.0 Å². The second-order valence-electron chi connectivity index (χ2n) is 7.07. The van der Waals surface area contributed by atoms with E-state index < -0.39 is 40.9 Å². The van der Waals surface area contributed by atoms with Gasteiger partial charge in [-0.15, -0.1) is 0 Å². The van der Waals surface area contributed by atoms with E-state index >= 15 is 0 Å². The Bertz CT molecular complexity index is 795. The van der Waals surface area contributed by atoms with Crippen molar-refractivity contribution in [3.05, 3.63) is 34.6 Å². The van der Waals surface area contributed by atoms with Crippen molar-refractivity contribution < 1.29 is 23.6 Å². The predicted molar refractivity (Wildman–Crippen MR) is 81.8 cm³/mol. The van der Waals surface area contributed by atoms with E-state index in [0.29, 0.717) is 5.56 Å². The van der Waals surface area contributed by atoms with Crippen molar-refractivity contribution in [3.8, 4) is 0 Å². The first-order valence-corrected chi connectivity index (χ1v) is 7.67. The third kappa shape index (κ3) is 2.40. The largest absolute Gasteiger partial charge is 0.295 e. The molecule has 0 aromatic heterocycles. The van der Waals surface area contributed by atoms with Crippen molar-refractivity contribution in [1.29, 1.82) is 0 Å². The smallest absolute Gasteiger partial charge is 0.262 e. The van der Waals surface area contributed by atoms with Gasteiger partial charge in [0.1, 0.15) is 11.9 Å². The Hall–Kier alpha value is -2.57. The lowest BCUT2D eigenvalue weighted by molar-refractivity contribution is -0.136. The van der Waals surface area contributed by atoms with Crippen LogP contribution < -0.4 is 5.32 Å². The van der Waals surface area contributed by atoms with Gasteiger partial charge in [-0.2, -0.15) is 0 Å². The highest BCUT2D eigenvalue weighted by molar-refractivity contribution is 6.23. The van der Waals surface area contributed by atoms with Gasteiger partial charge in [0.25, 0.3) is 11.8 Å². The number of nitrogens with zero attached hydrogens (tertiary/aromatic N) is 1. The average molecular weight is 332 g/mol. The molecule has 0 radical (unpaired) electrons. The molecule has 2 heterocycles. The fourth-order valence-corrected chi connectivity index (χ4v) is 3.07. The molecule has 1 atom stereocenters. The standard InChI is InChI=1S/C17H17FN2O4/c1-17(2,3)10-6-8-9(7-11(10)18)16(24)20(15(8)23)12-4-5-13(21)19-14(12)22/h6-7,12H,4-5H2,1-3H3,(H,19,21,22). The summed E-state index contributed by atoms with van der Waals surface area (Å²) in [5.74, 6) is -3.02. The summed E-state index contributed by atoms with van der Waals surface area (Å²) < 4.78 is 14.3. The van der Waals surface area contributed by atoms with Gasteiger partial charge in [-0.05, 0) is 29.5 Å². The zero-order chi connectivity index (χ0) is 17.8. The lowest BCUT2D eigenvalue weighted by Crippen LogP contribution is -2.54. The van der Waals surface area contributed by atoms with Crippen LogP contribution in [0.3, 0.4) is 0 Å². The van der Waals surface area contributed by atoms with E-state index in [1.165, 1.54) is 6.07 Å². The van der Waals surface area contributed by atoms with E-state index in [9.17, 15) is 23.6 Å². The molecule has 0 spiro atoms. The summed E-state index contributed by atoms with van der Waals surface area (Å²) in [6.45, 7) is 5.41. The Kier molecular flexibility index (Phi) is 3.55. The van der Waals surface area contributed by atoms with E-state index in [4.69, 9.17) is 0 Å². The normalized spacial score (nSPS) is 21.2. The Morgan fingerprint density at radius 2 is 1.67 bits per heavy atom. The van der Waals surface area contributed by atoms with E-state index in [0.717, 1.165) is 11.0 Å². The van der Waals surface area contributed by atoms with Crippen LogP contribution in [0.4, 0.5) is 4.39 Å². The van der Waals surface area contributed by atoms with Gasteiger partial charge in [-0.25, -0.2) is 4.39 Å². The zero-order valence-corrected chi connectivity index (χ0v) is 13.6. The Morgan fingerprint density at radius 3 is 2.21 bits per heavy atom. The van der Waals surface area contributed by atoms with Gasteiger partial charge in [0.15, 0.2) is 0 Å². The van der Waals surface area contributed by atoms with Gasteiger partial charge in [0.05, 0.1) is 11.1 Å². The van der Waals surface area contributed by atoms with Crippen LogP contribution in [0, 0.1) is 5.82 Å². The minimum atomic E-state index is -1.05. The summed E-state index contributed by atoms with van der Waals surface area (Å²) in [5, 5.41) is 2.12. The van der Waals surface area contributed by atoms with Gasteiger partial charge in [0, 0.05) is 6.42 Å². The molecule has 1 N–H and O–H groups in total. The number of carbonyl (C=O) groups is 4.